The first-order valence-electron chi connectivity index (χ1n) is 6.39. The largest absolute Gasteiger partial charge is 0.396 e. The lowest BCUT2D eigenvalue weighted by Gasteiger charge is -2.36. The molecule has 0 aromatic heterocycles. The van der Waals surface area contributed by atoms with Gasteiger partial charge < -0.3 is 19.9 Å². The van der Waals surface area contributed by atoms with Crippen molar-refractivity contribution in [3.8, 4) is 0 Å². The molecule has 16 heavy (non-hydrogen) atoms. The summed E-state index contributed by atoms with van der Waals surface area (Å²) in [4.78, 5) is 0. The zero-order chi connectivity index (χ0) is 11.4. The van der Waals surface area contributed by atoms with E-state index in [4.69, 9.17) is 14.6 Å². The molecule has 1 aliphatic heterocycles. The molecule has 0 radical (unpaired) electrons. The van der Waals surface area contributed by atoms with Gasteiger partial charge in [-0.25, -0.2) is 0 Å². The number of aliphatic hydroxyl groups is 1. The molecule has 0 bridgehead atoms. The van der Waals surface area contributed by atoms with Crippen LogP contribution in [0, 0.1) is 0 Å². The van der Waals surface area contributed by atoms with E-state index < -0.39 is 0 Å². The first kappa shape index (κ1) is 12.3. The van der Waals surface area contributed by atoms with E-state index in [2.05, 4.69) is 12.2 Å². The minimum absolute atomic E-state index is 0.252. The Morgan fingerprint density at radius 1 is 1.31 bits per heavy atom. The number of hydrogen-bond acceptors (Lipinski definition) is 4. The van der Waals surface area contributed by atoms with Gasteiger partial charge in [-0.1, -0.05) is 0 Å². The van der Waals surface area contributed by atoms with Crippen LogP contribution in [0.4, 0.5) is 0 Å². The fraction of sp³-hybridized carbons (Fsp3) is 1.00. The predicted octanol–water partition coefficient (Wildman–Crippen LogP) is 1.03. The van der Waals surface area contributed by atoms with Gasteiger partial charge in [-0.2, -0.15) is 0 Å². The lowest BCUT2D eigenvalue weighted by molar-refractivity contribution is -0.179. The molecule has 1 atom stereocenters. The van der Waals surface area contributed by atoms with Gasteiger partial charge in [-0.3, -0.25) is 0 Å². The lowest BCUT2D eigenvalue weighted by Crippen LogP contribution is -2.44. The van der Waals surface area contributed by atoms with Crippen LogP contribution >= 0.6 is 0 Å². The highest BCUT2D eigenvalue weighted by molar-refractivity contribution is 4.86. The first-order valence-corrected chi connectivity index (χ1v) is 6.39. The molecule has 0 amide bonds. The molecule has 2 aliphatic rings. The Morgan fingerprint density at radius 3 is 2.50 bits per heavy atom. The zero-order valence-corrected chi connectivity index (χ0v) is 10.1. The molecule has 94 valence electrons. The summed E-state index contributed by atoms with van der Waals surface area (Å²) in [5.74, 6) is -0.252. The van der Waals surface area contributed by atoms with Crippen molar-refractivity contribution in [3.63, 3.8) is 0 Å². The highest BCUT2D eigenvalue weighted by Gasteiger charge is 2.40. The molecule has 4 nitrogen and oxygen atoms in total. The van der Waals surface area contributed by atoms with Crippen LogP contribution in [0.15, 0.2) is 0 Å². The summed E-state index contributed by atoms with van der Waals surface area (Å²) in [7, 11) is 0. The van der Waals surface area contributed by atoms with Gasteiger partial charge >= 0.3 is 0 Å². The normalized spacial score (nSPS) is 27.4. The van der Waals surface area contributed by atoms with Crippen molar-refractivity contribution < 1.29 is 14.6 Å². The molecule has 2 fully saturated rings. The third-order valence-corrected chi connectivity index (χ3v) is 3.64. The van der Waals surface area contributed by atoms with Crippen LogP contribution in [-0.2, 0) is 9.47 Å². The summed E-state index contributed by atoms with van der Waals surface area (Å²) in [6, 6.07) is 0.953. The van der Waals surface area contributed by atoms with E-state index >= 15 is 0 Å². The molecule has 0 unspecified atom stereocenters. The molecule has 0 aromatic rings. The summed E-state index contributed by atoms with van der Waals surface area (Å²) in [5.41, 5.74) is 0. The van der Waals surface area contributed by atoms with Crippen LogP contribution in [0.2, 0.25) is 0 Å². The average molecular weight is 229 g/mol. The second-order valence-electron chi connectivity index (χ2n) is 4.96. The summed E-state index contributed by atoms with van der Waals surface area (Å²) in [6.07, 6.45) is 5.03. The summed E-state index contributed by atoms with van der Waals surface area (Å²) in [5, 5.41) is 12.4. The van der Waals surface area contributed by atoms with E-state index in [0.29, 0.717) is 12.1 Å². The first-order chi connectivity index (χ1) is 7.74. The summed E-state index contributed by atoms with van der Waals surface area (Å²) in [6.45, 7) is 3.89. The number of nitrogens with one attached hydrogen (secondary N) is 1. The van der Waals surface area contributed by atoms with Crippen molar-refractivity contribution in [1.29, 1.82) is 0 Å². The number of hydrogen-bond donors (Lipinski definition) is 2. The van der Waals surface area contributed by atoms with Gasteiger partial charge in [-0.15, -0.1) is 0 Å². The second kappa shape index (κ2) is 5.45. The van der Waals surface area contributed by atoms with Gasteiger partial charge in [0.05, 0.1) is 13.2 Å². The van der Waals surface area contributed by atoms with Gasteiger partial charge in [-0.05, 0) is 26.2 Å². The molecule has 2 rings (SSSR count). The summed E-state index contributed by atoms with van der Waals surface area (Å²) < 4.78 is 11.4. The highest BCUT2D eigenvalue weighted by atomic mass is 16.7. The van der Waals surface area contributed by atoms with Crippen molar-refractivity contribution in [2.75, 3.05) is 19.8 Å². The van der Waals surface area contributed by atoms with E-state index in [1.165, 1.54) is 0 Å². The Balaban J connectivity index is 1.72. The van der Waals surface area contributed by atoms with Crippen LogP contribution < -0.4 is 5.32 Å². The minimum atomic E-state index is -0.252. The van der Waals surface area contributed by atoms with E-state index in [0.717, 1.165) is 45.3 Å². The maximum atomic E-state index is 8.85. The average Bonchev–Trinajstić information content (AvgIpc) is 2.71. The van der Waals surface area contributed by atoms with Gasteiger partial charge in [0.2, 0.25) is 0 Å². The maximum Gasteiger partial charge on any atom is 0.168 e. The SMILES string of the molecule is C[C@H](CCO)NC1CCC2(CC1)OCCO2. The van der Waals surface area contributed by atoms with Crippen molar-refractivity contribution >= 4 is 0 Å². The van der Waals surface area contributed by atoms with Crippen LogP contribution in [0.1, 0.15) is 39.0 Å². The quantitative estimate of drug-likeness (QED) is 0.756. The molecule has 1 spiro atoms. The molecule has 1 aliphatic carbocycles. The van der Waals surface area contributed by atoms with Crippen LogP contribution in [0.25, 0.3) is 0 Å². The molecular formula is C12H23NO3. The van der Waals surface area contributed by atoms with Crippen molar-refractivity contribution in [3.05, 3.63) is 0 Å². The smallest absolute Gasteiger partial charge is 0.168 e. The molecule has 1 saturated carbocycles. The fourth-order valence-corrected chi connectivity index (χ4v) is 2.69. The zero-order valence-electron chi connectivity index (χ0n) is 10.1. The molecule has 1 saturated heterocycles. The van der Waals surface area contributed by atoms with E-state index in [9.17, 15) is 0 Å². The van der Waals surface area contributed by atoms with Gasteiger partial charge in [0.15, 0.2) is 5.79 Å². The van der Waals surface area contributed by atoms with Crippen molar-refractivity contribution in [1.82, 2.24) is 5.32 Å². The number of rotatable bonds is 4. The monoisotopic (exact) mass is 229 g/mol. The molecule has 2 N–H and O–H groups in total. The van der Waals surface area contributed by atoms with Gasteiger partial charge in [0.1, 0.15) is 0 Å². The summed E-state index contributed by atoms with van der Waals surface area (Å²) >= 11 is 0. The van der Waals surface area contributed by atoms with Gasteiger partial charge in [0.25, 0.3) is 0 Å². The third kappa shape index (κ3) is 2.94. The Hall–Kier alpha value is -0.160. The van der Waals surface area contributed by atoms with E-state index in [1.54, 1.807) is 0 Å². The predicted molar refractivity (Wildman–Crippen MR) is 61.2 cm³/mol. The Bertz CT molecular complexity index is 206. The van der Waals surface area contributed by atoms with Crippen molar-refractivity contribution in [2.24, 2.45) is 0 Å². The minimum Gasteiger partial charge on any atom is -0.396 e. The Labute approximate surface area is 97.3 Å². The third-order valence-electron chi connectivity index (χ3n) is 3.64. The Kier molecular flexibility index (Phi) is 4.19. The molecule has 4 heteroatoms. The van der Waals surface area contributed by atoms with Crippen LogP contribution in [0.3, 0.4) is 0 Å². The highest BCUT2D eigenvalue weighted by Crippen LogP contribution is 2.35. The lowest BCUT2D eigenvalue weighted by atomic mass is 9.89. The van der Waals surface area contributed by atoms with Crippen LogP contribution in [0.5, 0.6) is 0 Å². The maximum absolute atomic E-state index is 8.85. The number of aliphatic hydroxyl groups excluding tert-OH is 1. The van der Waals surface area contributed by atoms with Crippen molar-refractivity contribution in [2.45, 2.75) is 56.9 Å². The second-order valence-corrected chi connectivity index (χ2v) is 4.96. The van der Waals surface area contributed by atoms with Gasteiger partial charge in [0, 0.05) is 31.5 Å². The van der Waals surface area contributed by atoms with Crippen LogP contribution in [-0.4, -0.2) is 42.8 Å². The standard InChI is InChI=1S/C12H23NO3/c1-10(4-7-14)13-11-2-5-12(6-3-11)15-8-9-16-12/h10-11,13-14H,2-9H2,1H3/t10-/m1/s1. The number of ether oxygens (including phenoxy) is 2. The molecular weight excluding hydrogens is 206 g/mol. The fourth-order valence-electron chi connectivity index (χ4n) is 2.69. The molecule has 1 heterocycles. The Morgan fingerprint density at radius 2 is 1.94 bits per heavy atom. The van der Waals surface area contributed by atoms with E-state index in [-0.39, 0.29) is 12.4 Å². The van der Waals surface area contributed by atoms with E-state index in [1.807, 2.05) is 0 Å². The molecule has 0 aromatic carbocycles. The topological polar surface area (TPSA) is 50.7 Å².